The number of amides is 2. The van der Waals surface area contributed by atoms with Gasteiger partial charge in [0.25, 0.3) is 0 Å². The van der Waals surface area contributed by atoms with Crippen molar-refractivity contribution >= 4 is 18.4 Å². The van der Waals surface area contributed by atoms with Gasteiger partial charge in [-0.2, -0.15) is 0 Å². The molecule has 0 aliphatic heterocycles. The normalized spacial score (nSPS) is 9.67. The highest BCUT2D eigenvalue weighted by atomic mass is 35.5. The van der Waals surface area contributed by atoms with Crippen molar-refractivity contribution in [2.24, 2.45) is 11.5 Å². The SMILES string of the molecule is Cl.NC(N)=O.c1ccc2c(c1)C2. The lowest BCUT2D eigenvalue weighted by atomic mass is 10.4. The van der Waals surface area contributed by atoms with Gasteiger partial charge in [0, 0.05) is 0 Å². The molecule has 1 aromatic rings. The van der Waals surface area contributed by atoms with Crippen LogP contribution in [0.4, 0.5) is 4.79 Å². The summed E-state index contributed by atoms with van der Waals surface area (Å²) in [6.07, 6.45) is 1.24. The maximum atomic E-state index is 9.00. The quantitative estimate of drug-likeness (QED) is 0.634. The highest BCUT2D eigenvalue weighted by molar-refractivity contribution is 5.85. The van der Waals surface area contributed by atoms with Gasteiger partial charge in [0.05, 0.1) is 0 Å². The molecule has 12 heavy (non-hydrogen) atoms. The van der Waals surface area contributed by atoms with E-state index in [1.54, 1.807) is 0 Å². The fraction of sp³-hybridized carbons (Fsp3) is 0.125. The average Bonchev–Trinajstić information content (AvgIpc) is 2.62. The Kier molecular flexibility index (Phi) is 4.15. The van der Waals surface area contributed by atoms with Gasteiger partial charge >= 0.3 is 6.03 Å². The van der Waals surface area contributed by atoms with Crippen LogP contribution in [0, 0.1) is 0 Å². The zero-order chi connectivity index (χ0) is 8.27. The molecule has 4 N–H and O–H groups in total. The molecule has 0 atom stereocenters. The van der Waals surface area contributed by atoms with Gasteiger partial charge in [-0.3, -0.25) is 0 Å². The Balaban J connectivity index is 0.000000217. The van der Waals surface area contributed by atoms with Gasteiger partial charge < -0.3 is 11.5 Å². The molecule has 0 saturated heterocycles. The zero-order valence-corrected chi connectivity index (χ0v) is 7.30. The van der Waals surface area contributed by atoms with Crippen LogP contribution in [0.2, 0.25) is 0 Å². The number of primary amides is 2. The van der Waals surface area contributed by atoms with Crippen molar-refractivity contribution in [3.8, 4) is 0 Å². The Morgan fingerprint density at radius 1 is 1.17 bits per heavy atom. The van der Waals surface area contributed by atoms with Crippen molar-refractivity contribution in [2.45, 2.75) is 6.42 Å². The molecule has 3 nitrogen and oxygen atoms in total. The van der Waals surface area contributed by atoms with Crippen LogP contribution in [0.25, 0.3) is 0 Å². The van der Waals surface area contributed by atoms with Crippen LogP contribution in [0.3, 0.4) is 0 Å². The van der Waals surface area contributed by atoms with Gasteiger partial charge in [0.2, 0.25) is 0 Å². The number of hydrogen-bond donors (Lipinski definition) is 2. The molecule has 0 bridgehead atoms. The van der Waals surface area contributed by atoms with E-state index in [0.29, 0.717) is 0 Å². The fourth-order valence-electron chi connectivity index (χ4n) is 0.836. The first-order chi connectivity index (χ1) is 5.20. The van der Waals surface area contributed by atoms with E-state index in [-0.39, 0.29) is 12.4 Å². The summed E-state index contributed by atoms with van der Waals surface area (Å²) < 4.78 is 0. The molecule has 0 radical (unpaired) electrons. The van der Waals surface area contributed by atoms with E-state index in [2.05, 4.69) is 35.7 Å². The van der Waals surface area contributed by atoms with Crippen LogP contribution in [0.1, 0.15) is 11.1 Å². The Morgan fingerprint density at radius 3 is 1.75 bits per heavy atom. The number of fused-ring (bicyclic) bond motifs is 1. The Morgan fingerprint density at radius 2 is 1.50 bits per heavy atom. The molecule has 0 heterocycles. The maximum absolute atomic E-state index is 9.00. The first-order valence-corrected chi connectivity index (χ1v) is 3.32. The Bertz CT molecular complexity index is 251. The topological polar surface area (TPSA) is 69.1 Å². The van der Waals surface area contributed by atoms with Gasteiger partial charge in [0.1, 0.15) is 0 Å². The van der Waals surface area contributed by atoms with Crippen LogP contribution in [-0.2, 0) is 6.42 Å². The standard InChI is InChI=1S/C7H6.CH4N2O.ClH/c1-2-4-7-5-6(7)3-1;2-1(3)4;/h1-4H,5H2;(H4,2,3,4);1H. The minimum atomic E-state index is -0.833. The van der Waals surface area contributed by atoms with Gasteiger partial charge in [-0.1, -0.05) is 24.3 Å². The lowest BCUT2D eigenvalue weighted by Gasteiger charge is -1.69. The number of hydrogen-bond acceptors (Lipinski definition) is 1. The highest BCUT2D eigenvalue weighted by Crippen LogP contribution is 2.25. The van der Waals surface area contributed by atoms with E-state index in [1.807, 2.05) is 0 Å². The monoisotopic (exact) mass is 186 g/mol. The smallest absolute Gasteiger partial charge is 0.309 e. The minimum Gasteiger partial charge on any atom is -0.352 e. The van der Waals surface area contributed by atoms with Crippen molar-refractivity contribution in [3.63, 3.8) is 0 Å². The van der Waals surface area contributed by atoms with E-state index in [0.717, 1.165) is 0 Å². The number of nitrogens with two attached hydrogens (primary N) is 2. The molecule has 1 aromatic carbocycles. The molecule has 0 unspecified atom stereocenters. The van der Waals surface area contributed by atoms with Gasteiger partial charge in [-0.25, -0.2) is 4.79 Å². The minimum absolute atomic E-state index is 0. The van der Waals surface area contributed by atoms with Crippen molar-refractivity contribution in [1.82, 2.24) is 0 Å². The summed E-state index contributed by atoms with van der Waals surface area (Å²) in [6.45, 7) is 0. The van der Waals surface area contributed by atoms with Crippen molar-refractivity contribution < 1.29 is 4.79 Å². The van der Waals surface area contributed by atoms with Gasteiger partial charge in [0.15, 0.2) is 0 Å². The van der Waals surface area contributed by atoms with Gasteiger partial charge in [-0.15, -0.1) is 12.4 Å². The lowest BCUT2D eigenvalue weighted by molar-refractivity contribution is 0.256. The van der Waals surface area contributed by atoms with Crippen molar-refractivity contribution in [1.29, 1.82) is 0 Å². The average molecular weight is 187 g/mol. The third-order valence-corrected chi connectivity index (χ3v) is 1.37. The van der Waals surface area contributed by atoms with Gasteiger partial charge in [-0.05, 0) is 17.5 Å². The predicted octanol–water partition coefficient (Wildman–Crippen LogP) is 1.04. The first-order valence-electron chi connectivity index (χ1n) is 3.32. The second-order valence-corrected chi connectivity index (χ2v) is 2.35. The van der Waals surface area contributed by atoms with E-state index in [9.17, 15) is 0 Å². The summed E-state index contributed by atoms with van der Waals surface area (Å²) in [7, 11) is 0. The summed E-state index contributed by atoms with van der Waals surface area (Å²) in [5, 5.41) is 0. The number of urea groups is 1. The predicted molar refractivity (Wildman–Crippen MR) is 50.3 cm³/mol. The van der Waals surface area contributed by atoms with E-state index in [4.69, 9.17) is 4.79 Å². The second-order valence-electron chi connectivity index (χ2n) is 2.35. The van der Waals surface area contributed by atoms with Crippen LogP contribution in [0.5, 0.6) is 0 Å². The van der Waals surface area contributed by atoms with Crippen molar-refractivity contribution in [2.75, 3.05) is 0 Å². The van der Waals surface area contributed by atoms with Crippen LogP contribution in [0.15, 0.2) is 24.3 Å². The molecule has 2 rings (SSSR count). The number of carbonyl (C=O) groups is 1. The maximum Gasteiger partial charge on any atom is 0.309 e. The summed E-state index contributed by atoms with van der Waals surface area (Å²) in [4.78, 5) is 9.00. The molecule has 66 valence electrons. The zero-order valence-electron chi connectivity index (χ0n) is 6.49. The molecule has 4 heteroatoms. The van der Waals surface area contributed by atoms with Crippen LogP contribution < -0.4 is 11.5 Å². The molecule has 0 saturated carbocycles. The second kappa shape index (κ2) is 4.62. The molecule has 0 aromatic heterocycles. The summed E-state index contributed by atoms with van der Waals surface area (Å²) in [5.41, 5.74) is 11.6. The Labute approximate surface area is 77.2 Å². The summed E-state index contributed by atoms with van der Waals surface area (Å²) in [6, 6.07) is 7.70. The molecule has 1 aliphatic rings. The fourth-order valence-corrected chi connectivity index (χ4v) is 0.836. The highest BCUT2D eigenvalue weighted by Gasteiger charge is 2.12. The summed E-state index contributed by atoms with van der Waals surface area (Å²) >= 11 is 0. The third-order valence-electron chi connectivity index (χ3n) is 1.37. The Hall–Kier alpha value is -1.22. The van der Waals surface area contributed by atoms with E-state index in [1.165, 1.54) is 17.5 Å². The summed E-state index contributed by atoms with van der Waals surface area (Å²) in [5.74, 6) is 0. The first kappa shape index (κ1) is 10.8. The van der Waals surface area contributed by atoms with Crippen LogP contribution >= 0.6 is 12.4 Å². The lowest BCUT2D eigenvalue weighted by Crippen LogP contribution is -2.18. The molecular weight excluding hydrogens is 176 g/mol. The third kappa shape index (κ3) is 3.83. The van der Waals surface area contributed by atoms with Crippen molar-refractivity contribution in [3.05, 3.63) is 35.4 Å². The largest absolute Gasteiger partial charge is 0.352 e. The van der Waals surface area contributed by atoms with E-state index < -0.39 is 6.03 Å². The number of halogens is 1. The molecule has 0 fully saturated rings. The number of rotatable bonds is 0. The van der Waals surface area contributed by atoms with Crippen LogP contribution in [-0.4, -0.2) is 6.03 Å². The molecule has 1 aliphatic carbocycles. The molecule has 2 amide bonds. The molecule has 0 spiro atoms. The van der Waals surface area contributed by atoms with E-state index >= 15 is 0 Å². The molecular formula is C8H11ClN2O. The number of carbonyl (C=O) groups excluding carboxylic acids is 1. The number of benzene rings is 1.